The minimum absolute atomic E-state index is 0.907. The summed E-state index contributed by atoms with van der Waals surface area (Å²) in [6.45, 7) is 2.26. The van der Waals surface area contributed by atoms with Crippen LogP contribution in [0.25, 0.3) is 0 Å². The van der Waals surface area contributed by atoms with E-state index >= 15 is 0 Å². The van der Waals surface area contributed by atoms with Crippen LogP contribution in [0.5, 0.6) is 11.5 Å². The standard InChI is InChI=1S/C19H23NO/c1-2-3-4-5-6-10-15-11-9-14-18-19(15)20-16-12-7-8-13-17(16)21-18/h7-9,11-14,20H,2-6,10H2,1H3. The summed E-state index contributed by atoms with van der Waals surface area (Å²) >= 11 is 0. The van der Waals surface area contributed by atoms with Crippen LogP contribution >= 0.6 is 0 Å². The Bertz CT molecular complexity index is 606. The average Bonchev–Trinajstić information content (AvgIpc) is 2.53. The van der Waals surface area contributed by atoms with Crippen molar-refractivity contribution in [3.63, 3.8) is 0 Å². The molecule has 0 amide bonds. The second-order valence-electron chi connectivity index (χ2n) is 5.68. The summed E-state index contributed by atoms with van der Waals surface area (Å²) < 4.78 is 6.00. The van der Waals surface area contributed by atoms with Gasteiger partial charge in [-0.05, 0) is 36.6 Å². The lowest BCUT2D eigenvalue weighted by Gasteiger charge is -2.24. The largest absolute Gasteiger partial charge is 0.453 e. The Balaban J connectivity index is 1.71. The van der Waals surface area contributed by atoms with Crippen molar-refractivity contribution in [3.05, 3.63) is 48.0 Å². The van der Waals surface area contributed by atoms with Crippen molar-refractivity contribution in [2.24, 2.45) is 0 Å². The summed E-state index contributed by atoms with van der Waals surface area (Å²) in [6.07, 6.45) is 7.67. The van der Waals surface area contributed by atoms with Crippen LogP contribution in [0.3, 0.4) is 0 Å². The van der Waals surface area contributed by atoms with E-state index in [1.165, 1.54) is 37.7 Å². The summed E-state index contributed by atoms with van der Waals surface area (Å²) in [5.74, 6) is 1.85. The molecule has 0 aromatic heterocycles. The number of hydrogen-bond donors (Lipinski definition) is 1. The molecule has 0 fully saturated rings. The Hall–Kier alpha value is -1.96. The average molecular weight is 281 g/mol. The van der Waals surface area contributed by atoms with Gasteiger partial charge >= 0.3 is 0 Å². The molecule has 0 unspecified atom stereocenters. The van der Waals surface area contributed by atoms with E-state index in [0.29, 0.717) is 0 Å². The van der Waals surface area contributed by atoms with E-state index in [0.717, 1.165) is 29.3 Å². The van der Waals surface area contributed by atoms with Crippen LogP contribution in [-0.4, -0.2) is 0 Å². The van der Waals surface area contributed by atoms with E-state index in [2.05, 4.69) is 30.4 Å². The van der Waals surface area contributed by atoms with Crippen LogP contribution < -0.4 is 10.1 Å². The van der Waals surface area contributed by atoms with Crippen molar-refractivity contribution in [1.82, 2.24) is 0 Å². The first-order valence-corrected chi connectivity index (χ1v) is 8.04. The maximum Gasteiger partial charge on any atom is 0.151 e. The number of nitrogens with one attached hydrogen (secondary N) is 1. The molecule has 2 aromatic rings. The number of fused-ring (bicyclic) bond motifs is 2. The molecule has 3 rings (SSSR count). The number of hydrogen-bond acceptors (Lipinski definition) is 2. The van der Waals surface area contributed by atoms with E-state index in [1.54, 1.807) is 0 Å². The Kier molecular flexibility index (Phi) is 4.44. The zero-order valence-electron chi connectivity index (χ0n) is 12.7. The van der Waals surface area contributed by atoms with Gasteiger partial charge in [-0.25, -0.2) is 0 Å². The number of aryl methyl sites for hydroxylation is 1. The second-order valence-corrected chi connectivity index (χ2v) is 5.68. The maximum atomic E-state index is 6.00. The molecular weight excluding hydrogens is 258 g/mol. The lowest BCUT2D eigenvalue weighted by atomic mass is 10.0. The molecule has 0 saturated carbocycles. The molecule has 1 aliphatic rings. The summed E-state index contributed by atoms with van der Waals surface area (Å²) in [5, 5.41) is 3.54. The van der Waals surface area contributed by atoms with Crippen LogP contribution in [0.2, 0.25) is 0 Å². The van der Waals surface area contributed by atoms with Crippen molar-refractivity contribution in [2.75, 3.05) is 5.32 Å². The highest BCUT2D eigenvalue weighted by Crippen LogP contribution is 2.43. The fraction of sp³-hybridized carbons (Fsp3) is 0.368. The summed E-state index contributed by atoms with van der Waals surface area (Å²) in [5.41, 5.74) is 3.56. The molecular formula is C19H23NO. The number of benzene rings is 2. The van der Waals surface area contributed by atoms with Gasteiger partial charge in [-0.1, -0.05) is 56.9 Å². The zero-order valence-corrected chi connectivity index (χ0v) is 12.7. The number of para-hydroxylation sites is 3. The Morgan fingerprint density at radius 3 is 2.57 bits per heavy atom. The molecule has 2 nitrogen and oxygen atoms in total. The molecule has 0 radical (unpaired) electrons. The SMILES string of the molecule is CCCCCCCc1cccc2c1Nc1ccccc1O2. The lowest BCUT2D eigenvalue weighted by molar-refractivity contribution is 0.480. The van der Waals surface area contributed by atoms with Gasteiger partial charge in [-0.15, -0.1) is 0 Å². The second kappa shape index (κ2) is 6.66. The molecule has 2 aromatic carbocycles. The van der Waals surface area contributed by atoms with E-state index in [9.17, 15) is 0 Å². The fourth-order valence-electron chi connectivity index (χ4n) is 2.84. The van der Waals surface area contributed by atoms with Gasteiger partial charge in [0.05, 0.1) is 11.4 Å². The van der Waals surface area contributed by atoms with E-state index in [-0.39, 0.29) is 0 Å². The predicted octanol–water partition coefficient (Wildman–Crippen LogP) is 6.05. The molecule has 0 bridgehead atoms. The molecule has 0 spiro atoms. The van der Waals surface area contributed by atoms with Gasteiger partial charge in [-0.3, -0.25) is 0 Å². The molecule has 1 aliphatic heterocycles. The Labute approximate surface area is 127 Å². The van der Waals surface area contributed by atoms with Crippen molar-refractivity contribution in [3.8, 4) is 11.5 Å². The van der Waals surface area contributed by atoms with E-state index < -0.39 is 0 Å². The molecule has 0 aliphatic carbocycles. The highest BCUT2D eigenvalue weighted by molar-refractivity contribution is 5.77. The number of unbranched alkanes of at least 4 members (excludes halogenated alkanes) is 4. The van der Waals surface area contributed by atoms with Gasteiger partial charge in [0.2, 0.25) is 0 Å². The highest BCUT2D eigenvalue weighted by Gasteiger charge is 2.18. The van der Waals surface area contributed by atoms with Gasteiger partial charge < -0.3 is 10.1 Å². The molecule has 110 valence electrons. The van der Waals surface area contributed by atoms with Gasteiger partial charge in [0.15, 0.2) is 11.5 Å². The first-order valence-electron chi connectivity index (χ1n) is 8.04. The third-order valence-corrected chi connectivity index (χ3v) is 4.03. The molecule has 0 saturated heterocycles. The zero-order chi connectivity index (χ0) is 14.5. The minimum atomic E-state index is 0.907. The summed E-state index contributed by atoms with van der Waals surface area (Å²) in [6, 6.07) is 14.5. The van der Waals surface area contributed by atoms with Crippen molar-refractivity contribution < 1.29 is 4.74 Å². The number of rotatable bonds is 6. The van der Waals surface area contributed by atoms with Crippen molar-refractivity contribution in [1.29, 1.82) is 0 Å². The first-order chi connectivity index (χ1) is 10.4. The maximum absolute atomic E-state index is 6.00. The number of ether oxygens (including phenoxy) is 1. The normalized spacial score (nSPS) is 12.0. The molecule has 2 heteroatoms. The van der Waals surface area contributed by atoms with Gasteiger partial charge in [0.1, 0.15) is 0 Å². The van der Waals surface area contributed by atoms with Gasteiger partial charge in [-0.2, -0.15) is 0 Å². The number of anilines is 2. The summed E-state index contributed by atoms with van der Waals surface area (Å²) in [4.78, 5) is 0. The molecule has 1 N–H and O–H groups in total. The Morgan fingerprint density at radius 1 is 0.857 bits per heavy atom. The quantitative estimate of drug-likeness (QED) is 0.555. The first kappa shape index (κ1) is 14.0. The summed E-state index contributed by atoms with van der Waals surface area (Å²) in [7, 11) is 0. The Morgan fingerprint density at radius 2 is 1.67 bits per heavy atom. The van der Waals surface area contributed by atoms with Crippen LogP contribution in [0, 0.1) is 0 Å². The fourth-order valence-corrected chi connectivity index (χ4v) is 2.84. The van der Waals surface area contributed by atoms with Crippen LogP contribution in [0.1, 0.15) is 44.6 Å². The van der Waals surface area contributed by atoms with Crippen molar-refractivity contribution >= 4 is 11.4 Å². The van der Waals surface area contributed by atoms with E-state index in [4.69, 9.17) is 4.74 Å². The van der Waals surface area contributed by atoms with Crippen LogP contribution in [0.15, 0.2) is 42.5 Å². The van der Waals surface area contributed by atoms with Gasteiger partial charge in [0.25, 0.3) is 0 Å². The smallest absolute Gasteiger partial charge is 0.151 e. The third-order valence-electron chi connectivity index (χ3n) is 4.03. The van der Waals surface area contributed by atoms with E-state index in [1.807, 2.05) is 24.3 Å². The molecule has 21 heavy (non-hydrogen) atoms. The predicted molar refractivity (Wildman–Crippen MR) is 88.7 cm³/mol. The third kappa shape index (κ3) is 3.21. The lowest BCUT2D eigenvalue weighted by Crippen LogP contribution is -2.05. The monoisotopic (exact) mass is 281 g/mol. The molecule has 1 heterocycles. The molecule has 0 atom stereocenters. The minimum Gasteiger partial charge on any atom is -0.453 e. The van der Waals surface area contributed by atoms with Gasteiger partial charge in [0, 0.05) is 0 Å². The van der Waals surface area contributed by atoms with Crippen LogP contribution in [-0.2, 0) is 6.42 Å². The van der Waals surface area contributed by atoms with Crippen molar-refractivity contribution in [2.45, 2.75) is 45.4 Å². The van der Waals surface area contributed by atoms with Crippen LogP contribution in [0.4, 0.5) is 11.4 Å². The highest BCUT2D eigenvalue weighted by atomic mass is 16.5. The topological polar surface area (TPSA) is 21.3 Å².